The summed E-state index contributed by atoms with van der Waals surface area (Å²) < 4.78 is 24.3. The minimum absolute atomic E-state index is 0.0145. The van der Waals surface area contributed by atoms with E-state index in [9.17, 15) is 14.5 Å². The van der Waals surface area contributed by atoms with Crippen LogP contribution in [0.1, 0.15) is 5.56 Å². The molecule has 0 aromatic heterocycles. The molecule has 0 saturated heterocycles. The van der Waals surface area contributed by atoms with Gasteiger partial charge in [-0.05, 0) is 23.8 Å². The van der Waals surface area contributed by atoms with Gasteiger partial charge in [0.1, 0.15) is 0 Å². The normalized spacial score (nSPS) is 10.2. The lowest BCUT2D eigenvalue weighted by Crippen LogP contribution is -1.98. The van der Waals surface area contributed by atoms with Gasteiger partial charge in [0.05, 0.1) is 18.1 Å². The van der Waals surface area contributed by atoms with E-state index in [-0.39, 0.29) is 29.5 Å². The predicted molar refractivity (Wildman–Crippen MR) is 74.0 cm³/mol. The van der Waals surface area contributed by atoms with E-state index in [1.807, 2.05) is 0 Å². The third-order valence-electron chi connectivity index (χ3n) is 2.81. The van der Waals surface area contributed by atoms with Crippen molar-refractivity contribution in [2.75, 3.05) is 7.11 Å². The highest BCUT2D eigenvalue weighted by Crippen LogP contribution is 2.35. The Morgan fingerprint density at radius 3 is 2.48 bits per heavy atom. The molecule has 0 aliphatic heterocycles. The summed E-state index contributed by atoms with van der Waals surface area (Å²) in [6, 6.07) is 8.17. The molecular formula is C14H13FN2O4. The summed E-state index contributed by atoms with van der Waals surface area (Å²) in [7, 11) is 1.35. The molecule has 110 valence electrons. The number of benzene rings is 2. The van der Waals surface area contributed by atoms with E-state index < -0.39 is 10.7 Å². The van der Waals surface area contributed by atoms with Crippen molar-refractivity contribution in [2.45, 2.75) is 6.54 Å². The molecule has 0 saturated carbocycles. The van der Waals surface area contributed by atoms with Crippen LogP contribution in [0.25, 0.3) is 0 Å². The van der Waals surface area contributed by atoms with E-state index in [1.165, 1.54) is 37.4 Å². The van der Waals surface area contributed by atoms with Crippen LogP contribution < -0.4 is 15.2 Å². The van der Waals surface area contributed by atoms with Gasteiger partial charge < -0.3 is 15.2 Å². The summed E-state index contributed by atoms with van der Waals surface area (Å²) in [4.78, 5) is 10.1. The van der Waals surface area contributed by atoms with Crippen LogP contribution in [0.2, 0.25) is 0 Å². The quantitative estimate of drug-likeness (QED) is 0.676. The van der Waals surface area contributed by atoms with Crippen LogP contribution in [0.3, 0.4) is 0 Å². The molecule has 2 aromatic carbocycles. The number of rotatable bonds is 5. The van der Waals surface area contributed by atoms with E-state index in [0.717, 1.165) is 0 Å². The first kappa shape index (κ1) is 14.7. The lowest BCUT2D eigenvalue weighted by atomic mass is 10.2. The maximum atomic E-state index is 13.8. The van der Waals surface area contributed by atoms with Gasteiger partial charge >= 0.3 is 0 Å². The molecule has 0 aliphatic rings. The number of halogens is 1. The van der Waals surface area contributed by atoms with Crippen molar-refractivity contribution in [1.29, 1.82) is 0 Å². The lowest BCUT2D eigenvalue weighted by Gasteiger charge is -2.11. The van der Waals surface area contributed by atoms with Gasteiger partial charge in [-0.1, -0.05) is 6.07 Å². The molecule has 0 heterocycles. The fourth-order valence-electron chi connectivity index (χ4n) is 1.73. The zero-order valence-corrected chi connectivity index (χ0v) is 11.2. The second kappa shape index (κ2) is 6.19. The number of non-ortho nitro benzene ring substituents is 1. The second-order valence-electron chi connectivity index (χ2n) is 4.16. The first-order valence-electron chi connectivity index (χ1n) is 6.04. The van der Waals surface area contributed by atoms with Gasteiger partial charge in [-0.25, -0.2) is 4.39 Å². The Bertz CT molecular complexity index is 676. The molecule has 7 heteroatoms. The van der Waals surface area contributed by atoms with Gasteiger partial charge in [0, 0.05) is 12.6 Å². The molecule has 0 aliphatic carbocycles. The molecule has 2 aromatic rings. The van der Waals surface area contributed by atoms with Crippen LogP contribution in [-0.4, -0.2) is 12.0 Å². The van der Waals surface area contributed by atoms with Crippen LogP contribution >= 0.6 is 0 Å². The molecule has 2 N–H and O–H groups in total. The predicted octanol–water partition coefficient (Wildman–Crippen LogP) is 2.99. The molecule has 0 radical (unpaired) electrons. The van der Waals surface area contributed by atoms with Crippen LogP contribution in [0, 0.1) is 15.9 Å². The summed E-state index contributed by atoms with van der Waals surface area (Å²) in [6.45, 7) is 0.220. The molecule has 0 unspecified atom stereocenters. The number of nitro groups is 1. The number of hydrogen-bond donors (Lipinski definition) is 1. The van der Waals surface area contributed by atoms with Gasteiger partial charge in [0.25, 0.3) is 5.69 Å². The topological polar surface area (TPSA) is 87.6 Å². The van der Waals surface area contributed by atoms with Gasteiger partial charge in [0.2, 0.25) is 0 Å². The highest BCUT2D eigenvalue weighted by Gasteiger charge is 2.14. The average molecular weight is 292 g/mol. The fraction of sp³-hybridized carbons (Fsp3) is 0.143. The monoisotopic (exact) mass is 292 g/mol. The second-order valence-corrected chi connectivity index (χ2v) is 4.16. The zero-order chi connectivity index (χ0) is 15.4. The SMILES string of the molecule is COc1cc([N+](=O)[O-])ccc1Oc1ccc(CN)cc1F. The number of nitrogens with two attached hydrogens (primary N) is 1. The number of nitro benzene ring substituents is 1. The van der Waals surface area contributed by atoms with Gasteiger partial charge in [0.15, 0.2) is 23.1 Å². The number of nitrogens with zero attached hydrogens (tertiary/aromatic N) is 1. The van der Waals surface area contributed by atoms with Crippen molar-refractivity contribution in [3.8, 4) is 17.2 Å². The largest absolute Gasteiger partial charge is 0.493 e. The Morgan fingerprint density at radius 1 is 1.19 bits per heavy atom. The molecule has 0 bridgehead atoms. The first-order valence-corrected chi connectivity index (χ1v) is 6.04. The summed E-state index contributed by atoms with van der Waals surface area (Å²) in [5.41, 5.74) is 5.91. The summed E-state index contributed by atoms with van der Waals surface area (Å²) in [5, 5.41) is 10.7. The molecule has 6 nitrogen and oxygen atoms in total. The maximum absolute atomic E-state index is 13.8. The Balaban J connectivity index is 2.33. The van der Waals surface area contributed by atoms with E-state index in [2.05, 4.69) is 0 Å². The molecule has 21 heavy (non-hydrogen) atoms. The van der Waals surface area contributed by atoms with Crippen molar-refractivity contribution in [3.05, 3.63) is 57.9 Å². The smallest absolute Gasteiger partial charge is 0.273 e. The molecule has 0 amide bonds. The highest BCUT2D eigenvalue weighted by molar-refractivity contribution is 5.50. The van der Waals surface area contributed by atoms with Gasteiger partial charge in [-0.3, -0.25) is 10.1 Å². The highest BCUT2D eigenvalue weighted by atomic mass is 19.1. The zero-order valence-electron chi connectivity index (χ0n) is 11.2. The van der Waals surface area contributed by atoms with Crippen molar-refractivity contribution in [2.24, 2.45) is 5.73 Å². The third kappa shape index (κ3) is 3.26. The van der Waals surface area contributed by atoms with Crippen LogP contribution in [0.15, 0.2) is 36.4 Å². The van der Waals surface area contributed by atoms with E-state index in [0.29, 0.717) is 5.56 Å². The van der Waals surface area contributed by atoms with E-state index in [1.54, 1.807) is 6.07 Å². The van der Waals surface area contributed by atoms with Crippen molar-refractivity contribution in [3.63, 3.8) is 0 Å². The van der Waals surface area contributed by atoms with E-state index in [4.69, 9.17) is 15.2 Å². The standard InChI is InChI=1S/C14H13FN2O4/c1-20-14-7-10(17(18)19)3-5-13(14)21-12-4-2-9(8-16)6-11(12)15/h2-7H,8,16H2,1H3. The van der Waals surface area contributed by atoms with Gasteiger partial charge in [-0.2, -0.15) is 0 Å². The van der Waals surface area contributed by atoms with Crippen molar-refractivity contribution >= 4 is 5.69 Å². The summed E-state index contributed by atoms with van der Waals surface area (Å²) in [6.07, 6.45) is 0. The minimum Gasteiger partial charge on any atom is -0.493 e. The van der Waals surface area contributed by atoms with Crippen LogP contribution in [-0.2, 0) is 6.54 Å². The Labute approximate surface area is 120 Å². The van der Waals surface area contributed by atoms with Crippen molar-refractivity contribution in [1.82, 2.24) is 0 Å². The van der Waals surface area contributed by atoms with Crippen molar-refractivity contribution < 1.29 is 18.8 Å². The maximum Gasteiger partial charge on any atom is 0.273 e. The number of methoxy groups -OCH3 is 1. The molecule has 0 fully saturated rings. The molecule has 0 spiro atoms. The summed E-state index contributed by atoms with van der Waals surface area (Å²) in [5.74, 6) is -0.258. The first-order chi connectivity index (χ1) is 10.0. The van der Waals surface area contributed by atoms with Crippen LogP contribution in [0.4, 0.5) is 10.1 Å². The number of hydrogen-bond acceptors (Lipinski definition) is 5. The molecule has 0 atom stereocenters. The summed E-state index contributed by atoms with van der Waals surface area (Å²) >= 11 is 0. The Morgan fingerprint density at radius 2 is 1.90 bits per heavy atom. The third-order valence-corrected chi connectivity index (χ3v) is 2.81. The lowest BCUT2D eigenvalue weighted by molar-refractivity contribution is -0.384. The molecule has 2 rings (SSSR count). The number of ether oxygens (including phenoxy) is 2. The fourth-order valence-corrected chi connectivity index (χ4v) is 1.73. The Kier molecular flexibility index (Phi) is 4.34. The van der Waals surface area contributed by atoms with E-state index >= 15 is 0 Å². The van der Waals surface area contributed by atoms with Gasteiger partial charge in [-0.15, -0.1) is 0 Å². The Hall–Kier alpha value is -2.67. The average Bonchev–Trinajstić information content (AvgIpc) is 2.49. The molecular weight excluding hydrogens is 279 g/mol. The van der Waals surface area contributed by atoms with Crippen LogP contribution in [0.5, 0.6) is 17.2 Å². The minimum atomic E-state index is -0.571.